The molecule has 0 saturated carbocycles. The molecule has 4 heteroatoms. The van der Waals surface area contributed by atoms with Crippen LogP contribution in [0.2, 0.25) is 0 Å². The number of aromatic hydroxyl groups is 1. The summed E-state index contributed by atoms with van der Waals surface area (Å²) in [5, 5.41) is 21.8. The summed E-state index contributed by atoms with van der Waals surface area (Å²) in [6.07, 6.45) is 0. The molecule has 104 valence electrons. The molecular weight excluding hydrogens is 254 g/mol. The number of phenolic OH excluding ortho intramolecular Hbond substituents is 1. The number of benzene rings is 2. The van der Waals surface area contributed by atoms with Crippen LogP contribution in [0.5, 0.6) is 5.75 Å². The number of carbonyl (C=O) groups is 1. The van der Waals surface area contributed by atoms with E-state index in [-0.39, 0.29) is 5.56 Å². The average molecular weight is 271 g/mol. The number of aromatic carboxylic acids is 1. The zero-order valence-electron chi connectivity index (χ0n) is 11.5. The zero-order valence-corrected chi connectivity index (χ0v) is 11.5. The van der Waals surface area contributed by atoms with Crippen LogP contribution in [0.4, 0.5) is 5.69 Å². The first-order chi connectivity index (χ1) is 9.47. The van der Waals surface area contributed by atoms with Crippen molar-refractivity contribution in [2.24, 2.45) is 0 Å². The second kappa shape index (κ2) is 5.65. The highest BCUT2D eigenvalue weighted by Gasteiger charge is 2.04. The van der Waals surface area contributed by atoms with Crippen molar-refractivity contribution in [3.05, 3.63) is 58.7 Å². The summed E-state index contributed by atoms with van der Waals surface area (Å²) in [7, 11) is 0. The SMILES string of the molecule is Cc1cc(CNc2ccc(C(=O)O)cc2)cc(C)c1O. The summed E-state index contributed by atoms with van der Waals surface area (Å²) in [4.78, 5) is 10.8. The minimum absolute atomic E-state index is 0.270. The number of nitrogens with one attached hydrogen (secondary N) is 1. The van der Waals surface area contributed by atoms with Crippen molar-refractivity contribution in [1.82, 2.24) is 0 Å². The van der Waals surface area contributed by atoms with E-state index in [9.17, 15) is 9.90 Å². The number of hydrogen-bond acceptors (Lipinski definition) is 3. The molecule has 0 fully saturated rings. The highest BCUT2D eigenvalue weighted by atomic mass is 16.4. The average Bonchev–Trinajstić information content (AvgIpc) is 2.42. The van der Waals surface area contributed by atoms with E-state index in [1.54, 1.807) is 24.3 Å². The Labute approximate surface area is 117 Å². The molecule has 0 spiro atoms. The second-order valence-corrected chi connectivity index (χ2v) is 4.81. The zero-order chi connectivity index (χ0) is 14.7. The van der Waals surface area contributed by atoms with E-state index in [0.717, 1.165) is 22.4 Å². The van der Waals surface area contributed by atoms with Crippen LogP contribution in [0, 0.1) is 13.8 Å². The van der Waals surface area contributed by atoms with Crippen LogP contribution in [-0.2, 0) is 6.54 Å². The number of hydrogen-bond donors (Lipinski definition) is 3. The molecule has 4 nitrogen and oxygen atoms in total. The minimum atomic E-state index is -0.929. The van der Waals surface area contributed by atoms with E-state index >= 15 is 0 Å². The molecule has 0 heterocycles. The smallest absolute Gasteiger partial charge is 0.335 e. The topological polar surface area (TPSA) is 69.6 Å². The molecule has 0 radical (unpaired) electrons. The van der Waals surface area contributed by atoms with Gasteiger partial charge in [-0.25, -0.2) is 4.79 Å². The van der Waals surface area contributed by atoms with Crippen molar-refractivity contribution < 1.29 is 15.0 Å². The van der Waals surface area contributed by atoms with E-state index in [2.05, 4.69) is 5.32 Å². The Balaban J connectivity index is 2.07. The predicted octanol–water partition coefficient (Wildman–Crippen LogP) is 3.32. The number of phenols is 1. The van der Waals surface area contributed by atoms with Gasteiger partial charge >= 0.3 is 5.97 Å². The monoisotopic (exact) mass is 271 g/mol. The summed E-state index contributed by atoms with van der Waals surface area (Å²) >= 11 is 0. The van der Waals surface area contributed by atoms with Crippen molar-refractivity contribution in [3.8, 4) is 5.75 Å². The van der Waals surface area contributed by atoms with Gasteiger partial charge in [-0.1, -0.05) is 12.1 Å². The summed E-state index contributed by atoms with van der Waals surface area (Å²) < 4.78 is 0. The molecule has 3 N–H and O–H groups in total. The van der Waals surface area contributed by atoms with Gasteiger partial charge in [0.05, 0.1) is 5.56 Å². The first-order valence-electron chi connectivity index (χ1n) is 6.33. The van der Waals surface area contributed by atoms with Crippen LogP contribution in [0.15, 0.2) is 36.4 Å². The molecule has 0 atom stereocenters. The Morgan fingerprint density at radius 2 is 1.65 bits per heavy atom. The van der Waals surface area contributed by atoms with Gasteiger partial charge in [-0.3, -0.25) is 0 Å². The molecule has 0 aromatic heterocycles. The molecule has 0 aliphatic carbocycles. The van der Waals surface area contributed by atoms with Crippen molar-refractivity contribution >= 4 is 11.7 Å². The Morgan fingerprint density at radius 1 is 1.10 bits per heavy atom. The fraction of sp³-hybridized carbons (Fsp3) is 0.188. The van der Waals surface area contributed by atoms with Gasteiger partial charge in [0.1, 0.15) is 5.75 Å². The lowest BCUT2D eigenvalue weighted by Crippen LogP contribution is -2.01. The Kier molecular flexibility index (Phi) is 3.94. The standard InChI is InChI=1S/C16H17NO3/c1-10-7-12(8-11(2)15(10)18)9-17-14-5-3-13(4-6-14)16(19)20/h3-8,17-18H,9H2,1-2H3,(H,19,20). The lowest BCUT2D eigenvalue weighted by molar-refractivity contribution is 0.0697. The highest BCUT2D eigenvalue weighted by molar-refractivity contribution is 5.87. The van der Waals surface area contributed by atoms with Crippen molar-refractivity contribution in [2.75, 3.05) is 5.32 Å². The van der Waals surface area contributed by atoms with E-state index in [1.165, 1.54) is 0 Å². The molecule has 0 unspecified atom stereocenters. The first-order valence-corrected chi connectivity index (χ1v) is 6.33. The number of carboxylic acid groups (broad SMARTS) is 1. The largest absolute Gasteiger partial charge is 0.507 e. The molecule has 0 aliphatic heterocycles. The van der Waals surface area contributed by atoms with Gasteiger partial charge in [0.15, 0.2) is 0 Å². The molecule has 2 rings (SSSR count). The fourth-order valence-electron chi connectivity index (χ4n) is 2.08. The van der Waals surface area contributed by atoms with Crippen molar-refractivity contribution in [2.45, 2.75) is 20.4 Å². The third kappa shape index (κ3) is 3.09. The van der Waals surface area contributed by atoms with E-state index in [4.69, 9.17) is 5.11 Å². The quantitative estimate of drug-likeness (QED) is 0.798. The normalized spacial score (nSPS) is 10.3. The second-order valence-electron chi connectivity index (χ2n) is 4.81. The maximum atomic E-state index is 10.8. The third-order valence-corrected chi connectivity index (χ3v) is 3.18. The third-order valence-electron chi connectivity index (χ3n) is 3.18. The van der Waals surface area contributed by atoms with Crippen molar-refractivity contribution in [1.29, 1.82) is 0 Å². The fourth-order valence-corrected chi connectivity index (χ4v) is 2.08. The summed E-state index contributed by atoms with van der Waals surface area (Å²) in [6.45, 7) is 4.36. The molecular formula is C16H17NO3. The molecule has 2 aromatic carbocycles. The van der Waals surface area contributed by atoms with Crippen LogP contribution < -0.4 is 5.32 Å². The van der Waals surface area contributed by atoms with E-state index < -0.39 is 5.97 Å². The van der Waals surface area contributed by atoms with E-state index in [1.807, 2.05) is 26.0 Å². The van der Waals surface area contributed by atoms with Crippen LogP contribution in [0.1, 0.15) is 27.0 Å². The Morgan fingerprint density at radius 3 is 2.15 bits per heavy atom. The first kappa shape index (κ1) is 13.9. The van der Waals surface area contributed by atoms with Gasteiger partial charge in [-0.05, 0) is 54.8 Å². The summed E-state index contributed by atoms with van der Waals surface area (Å²) in [6, 6.07) is 10.5. The Hall–Kier alpha value is -2.49. The van der Waals surface area contributed by atoms with Crippen LogP contribution in [0.3, 0.4) is 0 Å². The Bertz CT molecular complexity index is 610. The van der Waals surface area contributed by atoms with Gasteiger partial charge in [-0.15, -0.1) is 0 Å². The molecule has 0 saturated heterocycles. The van der Waals surface area contributed by atoms with Gasteiger partial charge in [-0.2, -0.15) is 0 Å². The van der Waals surface area contributed by atoms with E-state index in [0.29, 0.717) is 12.3 Å². The van der Waals surface area contributed by atoms with Crippen LogP contribution >= 0.6 is 0 Å². The maximum Gasteiger partial charge on any atom is 0.335 e. The number of aryl methyl sites for hydroxylation is 2. The summed E-state index contributed by atoms with van der Waals surface area (Å²) in [5.41, 5.74) is 3.90. The number of anilines is 1. The molecule has 0 aliphatic rings. The molecule has 0 amide bonds. The lowest BCUT2D eigenvalue weighted by atomic mass is 10.1. The van der Waals surface area contributed by atoms with Gasteiger partial charge in [0.2, 0.25) is 0 Å². The number of rotatable bonds is 4. The minimum Gasteiger partial charge on any atom is -0.507 e. The molecule has 20 heavy (non-hydrogen) atoms. The van der Waals surface area contributed by atoms with Gasteiger partial charge in [0, 0.05) is 12.2 Å². The molecule has 0 bridgehead atoms. The summed E-state index contributed by atoms with van der Waals surface area (Å²) in [5.74, 6) is -0.596. The maximum absolute atomic E-state index is 10.8. The van der Waals surface area contributed by atoms with Crippen LogP contribution in [-0.4, -0.2) is 16.2 Å². The van der Waals surface area contributed by atoms with Gasteiger partial charge < -0.3 is 15.5 Å². The van der Waals surface area contributed by atoms with Gasteiger partial charge in [0.25, 0.3) is 0 Å². The number of carboxylic acids is 1. The highest BCUT2D eigenvalue weighted by Crippen LogP contribution is 2.23. The van der Waals surface area contributed by atoms with Crippen LogP contribution in [0.25, 0.3) is 0 Å². The lowest BCUT2D eigenvalue weighted by Gasteiger charge is -2.10. The van der Waals surface area contributed by atoms with Crippen molar-refractivity contribution in [3.63, 3.8) is 0 Å². The molecule has 2 aromatic rings. The predicted molar refractivity (Wildman–Crippen MR) is 78.3 cm³/mol.